The molecule has 0 spiro atoms. The summed E-state index contributed by atoms with van der Waals surface area (Å²) in [5.74, 6) is -0.646. The predicted molar refractivity (Wildman–Crippen MR) is 98.3 cm³/mol. The highest BCUT2D eigenvalue weighted by Gasteiger charge is 2.31. The third-order valence-electron chi connectivity index (χ3n) is 4.49. The van der Waals surface area contributed by atoms with Crippen LogP contribution < -0.4 is 0 Å². The van der Waals surface area contributed by atoms with E-state index in [4.69, 9.17) is 4.74 Å². The van der Waals surface area contributed by atoms with Crippen LogP contribution in [-0.2, 0) is 21.3 Å². The monoisotopic (exact) mass is 374 g/mol. The SMILES string of the molecule is COC(=O)c1ccccc1S(=O)(=O)N1CCN(Cc2ccccc2)CC1. The van der Waals surface area contributed by atoms with Gasteiger partial charge in [-0.05, 0) is 17.7 Å². The Hall–Kier alpha value is -2.22. The first-order chi connectivity index (χ1) is 12.5. The highest BCUT2D eigenvalue weighted by atomic mass is 32.2. The maximum atomic E-state index is 13.0. The van der Waals surface area contributed by atoms with Crippen LogP contribution in [0.4, 0.5) is 0 Å². The van der Waals surface area contributed by atoms with E-state index in [1.54, 1.807) is 12.1 Å². The molecular weight excluding hydrogens is 352 g/mol. The van der Waals surface area contributed by atoms with Crippen LogP contribution in [0.15, 0.2) is 59.5 Å². The lowest BCUT2D eigenvalue weighted by Gasteiger charge is -2.34. The summed E-state index contributed by atoms with van der Waals surface area (Å²) in [6.45, 7) is 2.88. The summed E-state index contributed by atoms with van der Waals surface area (Å²) >= 11 is 0. The summed E-state index contributed by atoms with van der Waals surface area (Å²) in [6.07, 6.45) is 0. The number of benzene rings is 2. The Bertz CT molecular complexity index is 860. The second-order valence-electron chi connectivity index (χ2n) is 6.15. The minimum Gasteiger partial charge on any atom is -0.465 e. The Balaban J connectivity index is 1.72. The van der Waals surface area contributed by atoms with Crippen LogP contribution in [0.1, 0.15) is 15.9 Å². The van der Waals surface area contributed by atoms with Crippen LogP contribution in [0.2, 0.25) is 0 Å². The Morgan fingerprint density at radius 2 is 1.58 bits per heavy atom. The average molecular weight is 374 g/mol. The van der Waals surface area contributed by atoms with Crippen molar-refractivity contribution in [2.75, 3.05) is 33.3 Å². The molecule has 2 aromatic rings. The normalized spacial score (nSPS) is 16.3. The van der Waals surface area contributed by atoms with Gasteiger partial charge in [-0.25, -0.2) is 13.2 Å². The first-order valence-electron chi connectivity index (χ1n) is 8.46. The van der Waals surface area contributed by atoms with E-state index in [0.717, 1.165) is 6.54 Å². The number of carbonyl (C=O) groups is 1. The van der Waals surface area contributed by atoms with Gasteiger partial charge >= 0.3 is 5.97 Å². The molecule has 1 aliphatic rings. The second kappa shape index (κ2) is 7.99. The molecule has 1 fully saturated rings. The van der Waals surface area contributed by atoms with Gasteiger partial charge in [-0.1, -0.05) is 42.5 Å². The van der Waals surface area contributed by atoms with Crippen LogP contribution in [0.25, 0.3) is 0 Å². The Morgan fingerprint density at radius 1 is 0.962 bits per heavy atom. The largest absolute Gasteiger partial charge is 0.465 e. The van der Waals surface area contributed by atoms with Gasteiger partial charge in [-0.15, -0.1) is 0 Å². The molecular formula is C19H22N2O4S. The van der Waals surface area contributed by atoms with E-state index in [0.29, 0.717) is 26.2 Å². The zero-order valence-electron chi connectivity index (χ0n) is 14.7. The molecule has 0 atom stereocenters. The second-order valence-corrected chi connectivity index (χ2v) is 8.06. The summed E-state index contributed by atoms with van der Waals surface area (Å²) in [7, 11) is -2.49. The molecule has 138 valence electrons. The van der Waals surface area contributed by atoms with Gasteiger partial charge in [0, 0.05) is 32.7 Å². The fourth-order valence-corrected chi connectivity index (χ4v) is 4.68. The molecule has 0 radical (unpaired) electrons. The van der Waals surface area contributed by atoms with Crippen molar-refractivity contribution >= 4 is 16.0 Å². The summed E-state index contributed by atoms with van der Waals surface area (Å²) in [5.41, 5.74) is 1.28. The molecule has 0 bridgehead atoms. The van der Waals surface area contributed by atoms with Gasteiger partial charge in [0.05, 0.1) is 17.6 Å². The summed E-state index contributed by atoms with van der Waals surface area (Å²) in [6, 6.07) is 16.3. The number of ether oxygens (including phenoxy) is 1. The molecule has 0 aliphatic carbocycles. The lowest BCUT2D eigenvalue weighted by Crippen LogP contribution is -2.48. The van der Waals surface area contributed by atoms with Gasteiger partial charge in [0.25, 0.3) is 0 Å². The first-order valence-corrected chi connectivity index (χ1v) is 9.90. The molecule has 1 heterocycles. The molecule has 2 aromatic carbocycles. The van der Waals surface area contributed by atoms with Crippen LogP contribution in [0.5, 0.6) is 0 Å². The molecule has 6 nitrogen and oxygen atoms in total. The number of piperazine rings is 1. The lowest BCUT2D eigenvalue weighted by molar-refractivity contribution is 0.0596. The quantitative estimate of drug-likeness (QED) is 0.749. The van der Waals surface area contributed by atoms with E-state index in [-0.39, 0.29) is 10.5 Å². The number of hydrogen-bond donors (Lipinski definition) is 0. The van der Waals surface area contributed by atoms with Crippen LogP contribution >= 0.6 is 0 Å². The fourth-order valence-electron chi connectivity index (χ4n) is 3.08. The summed E-state index contributed by atoms with van der Waals surface area (Å²) < 4.78 is 32.1. The van der Waals surface area contributed by atoms with Crippen molar-refractivity contribution in [1.29, 1.82) is 0 Å². The zero-order chi connectivity index (χ0) is 18.6. The minimum atomic E-state index is -3.74. The molecule has 0 saturated carbocycles. The topological polar surface area (TPSA) is 66.9 Å². The van der Waals surface area contributed by atoms with Crippen molar-refractivity contribution in [3.63, 3.8) is 0 Å². The predicted octanol–water partition coefficient (Wildman–Crippen LogP) is 1.98. The standard InChI is InChI=1S/C19H22N2O4S/c1-25-19(22)17-9-5-6-10-18(17)26(23,24)21-13-11-20(12-14-21)15-16-7-3-2-4-8-16/h2-10H,11-15H2,1H3. The van der Waals surface area contributed by atoms with Gasteiger partial charge in [0.2, 0.25) is 10.0 Å². The summed E-state index contributed by atoms with van der Waals surface area (Å²) in [4.78, 5) is 14.1. The van der Waals surface area contributed by atoms with E-state index in [1.165, 1.54) is 29.1 Å². The van der Waals surface area contributed by atoms with Gasteiger partial charge in [0.15, 0.2) is 0 Å². The molecule has 0 unspecified atom stereocenters. The maximum absolute atomic E-state index is 13.0. The zero-order valence-corrected chi connectivity index (χ0v) is 15.5. The molecule has 3 rings (SSSR count). The first kappa shape index (κ1) is 18.6. The number of carbonyl (C=O) groups excluding carboxylic acids is 1. The van der Waals surface area contributed by atoms with Gasteiger partial charge in [0.1, 0.15) is 0 Å². The van der Waals surface area contributed by atoms with Crippen molar-refractivity contribution in [2.45, 2.75) is 11.4 Å². The number of rotatable bonds is 5. The van der Waals surface area contributed by atoms with E-state index in [2.05, 4.69) is 17.0 Å². The number of nitrogens with zero attached hydrogens (tertiary/aromatic N) is 2. The van der Waals surface area contributed by atoms with E-state index >= 15 is 0 Å². The molecule has 0 N–H and O–H groups in total. The molecule has 0 aromatic heterocycles. The summed E-state index contributed by atoms with van der Waals surface area (Å²) in [5, 5.41) is 0. The van der Waals surface area contributed by atoms with Crippen LogP contribution in [0.3, 0.4) is 0 Å². The average Bonchev–Trinajstić information content (AvgIpc) is 2.68. The number of methoxy groups -OCH3 is 1. The van der Waals surface area contributed by atoms with Crippen LogP contribution in [0, 0.1) is 0 Å². The smallest absolute Gasteiger partial charge is 0.339 e. The molecule has 1 saturated heterocycles. The fraction of sp³-hybridized carbons (Fsp3) is 0.316. The molecule has 0 amide bonds. The van der Waals surface area contributed by atoms with Gasteiger partial charge in [-0.2, -0.15) is 4.31 Å². The Morgan fingerprint density at radius 3 is 2.23 bits per heavy atom. The Kier molecular flexibility index (Phi) is 5.70. The maximum Gasteiger partial charge on any atom is 0.339 e. The van der Waals surface area contributed by atoms with Gasteiger partial charge in [-0.3, -0.25) is 4.90 Å². The number of hydrogen-bond acceptors (Lipinski definition) is 5. The van der Waals surface area contributed by atoms with E-state index in [1.807, 2.05) is 18.2 Å². The molecule has 26 heavy (non-hydrogen) atoms. The van der Waals surface area contributed by atoms with Gasteiger partial charge < -0.3 is 4.74 Å². The third-order valence-corrected chi connectivity index (χ3v) is 6.45. The van der Waals surface area contributed by atoms with Crippen molar-refractivity contribution in [2.24, 2.45) is 0 Å². The Labute approximate surface area is 154 Å². The number of sulfonamides is 1. The van der Waals surface area contributed by atoms with Crippen molar-refractivity contribution < 1.29 is 17.9 Å². The number of esters is 1. The van der Waals surface area contributed by atoms with Crippen molar-refractivity contribution in [1.82, 2.24) is 9.21 Å². The molecule has 7 heteroatoms. The lowest BCUT2D eigenvalue weighted by atomic mass is 10.2. The van der Waals surface area contributed by atoms with E-state index < -0.39 is 16.0 Å². The highest BCUT2D eigenvalue weighted by molar-refractivity contribution is 7.89. The third kappa shape index (κ3) is 3.95. The van der Waals surface area contributed by atoms with E-state index in [9.17, 15) is 13.2 Å². The van der Waals surface area contributed by atoms with Crippen molar-refractivity contribution in [3.05, 3.63) is 65.7 Å². The molecule has 1 aliphatic heterocycles. The highest BCUT2D eigenvalue weighted by Crippen LogP contribution is 2.22. The van der Waals surface area contributed by atoms with Crippen molar-refractivity contribution in [3.8, 4) is 0 Å². The minimum absolute atomic E-state index is 0.00311. The van der Waals surface area contributed by atoms with Crippen LogP contribution in [-0.4, -0.2) is 56.9 Å².